The van der Waals surface area contributed by atoms with Crippen molar-refractivity contribution in [2.24, 2.45) is 21.1 Å². The first-order valence-electron chi connectivity index (χ1n) is 47.1. The van der Waals surface area contributed by atoms with Gasteiger partial charge in [-0.15, -0.1) is 0 Å². The van der Waals surface area contributed by atoms with E-state index < -0.39 is 45.9 Å². The van der Waals surface area contributed by atoms with Gasteiger partial charge in [0, 0.05) is 174 Å². The number of aryl methyl sites for hydroxylation is 3. The van der Waals surface area contributed by atoms with Crippen LogP contribution in [-0.4, -0.2) is 233 Å². The molecule has 724 valence electrons. The molecule has 35 heteroatoms. The predicted octanol–water partition coefficient (Wildman–Crippen LogP) is 15.9. The molecular weight excluding hydrogens is 1800 g/mol. The summed E-state index contributed by atoms with van der Waals surface area (Å²) in [5, 5.41) is 23.7. The summed E-state index contributed by atoms with van der Waals surface area (Å²) in [4.78, 5) is 105. The lowest BCUT2D eigenvalue weighted by molar-refractivity contribution is -0.0155. The average molecular weight is 1930 g/mol. The summed E-state index contributed by atoms with van der Waals surface area (Å²) < 4.78 is 35.7. The van der Waals surface area contributed by atoms with Crippen molar-refractivity contribution >= 4 is 111 Å². The van der Waals surface area contributed by atoms with Gasteiger partial charge in [0.1, 0.15) is 6.10 Å². The van der Waals surface area contributed by atoms with Crippen molar-refractivity contribution in [3.8, 4) is 0 Å². The van der Waals surface area contributed by atoms with Crippen molar-refractivity contribution in [3.05, 3.63) is 246 Å². The molecule has 4 unspecified atom stereocenters. The number of amides is 9. The molecule has 17 rings (SSSR count). The topological polar surface area (TPSA) is 329 Å². The van der Waals surface area contributed by atoms with Crippen LogP contribution in [0.2, 0.25) is 15.1 Å². The Labute approximate surface area is 815 Å². The molecule has 9 aromatic rings. The zero-order valence-corrected chi connectivity index (χ0v) is 83.7. The van der Waals surface area contributed by atoms with Gasteiger partial charge >= 0.3 is 30.2 Å². The standard InChI is InChI=1S/C34H45ClN8O2S.C34H42ClN7O4.C33H43ClN8O2/c1-34(2,3)39-33(44)38-31(29-21-36-22-41(29)4)28-19-23-9-8-14-37-30(23)32(26-13-12-24(35)20-27(26)28)42-15-17-43(18-16-42)46(45)40-25-10-6-5-7-11-25;1-34(2,3)39-32(43)38-30(28-20-36-21-40(28)4)27-18-22-6-5-11-37-29(22)31(25-8-7-23(35)19-26(25)27)41-12-14-42(15-13-41)33(44)46-24-9-16-45-17-10-24;1-32(2,3)38-30(43)37-28(26-19-35-20-40(26)7)25-17-21-9-8-12-36-27(21)29(23-11-10-22(34)18-24(23)25)41-13-15-42(16-14-41)31(44)39-33(4,5)6/h8-9,12-14,19-22,25,31-32,40H,5-7,10-11,15-18H2,1-4H3,(H2,38,39,44);5-8,11,18-21,24,30-31H,9-10,12-17H2,1-4H3,(H2,38,39,43);8-12,17-20,28-29H,13-16H2,1-7H3,(H,39,44)(H2,37,38,43)/t31?,32-,46?;30?,31-;28?,29-/m000/s1. The van der Waals surface area contributed by atoms with Gasteiger partial charge in [0.25, 0.3) is 0 Å². The van der Waals surface area contributed by atoms with Gasteiger partial charge in [-0.05, 0) is 236 Å². The summed E-state index contributed by atoms with van der Waals surface area (Å²) >= 11 is 18.9. The van der Waals surface area contributed by atoms with E-state index >= 15 is 0 Å². The Morgan fingerprint density at radius 2 is 0.772 bits per heavy atom. The van der Waals surface area contributed by atoms with Crippen molar-refractivity contribution in [1.82, 2.24) is 114 Å². The molecular formula is C101H130Cl3N23O8S. The summed E-state index contributed by atoms with van der Waals surface area (Å²) in [6.45, 7) is 32.5. The molecule has 7 atom stereocenters. The summed E-state index contributed by atoms with van der Waals surface area (Å²) in [6, 6.07) is 27.2. The summed E-state index contributed by atoms with van der Waals surface area (Å²) in [7, 11) is 5.77. The van der Waals surface area contributed by atoms with E-state index in [1.165, 1.54) is 19.3 Å². The molecule has 136 heavy (non-hydrogen) atoms. The van der Waals surface area contributed by atoms with Crippen molar-refractivity contribution < 1.29 is 37.7 Å². The summed E-state index contributed by atoms with van der Waals surface area (Å²) in [5.41, 5.74) is 15.1. The van der Waals surface area contributed by atoms with Crippen LogP contribution in [0.25, 0.3) is 34.9 Å². The molecule has 31 nitrogen and oxygen atoms in total. The van der Waals surface area contributed by atoms with E-state index in [1.807, 2.05) is 196 Å². The number of aromatic nitrogens is 9. The number of urea groups is 4. The first-order valence-corrected chi connectivity index (χ1v) is 49.4. The van der Waals surface area contributed by atoms with Gasteiger partial charge in [0.15, 0.2) is 11.2 Å². The molecule has 6 aromatic heterocycles. The minimum atomic E-state index is -1.21. The van der Waals surface area contributed by atoms with Gasteiger partial charge in [0.2, 0.25) is 0 Å². The third kappa shape index (κ3) is 24.6. The number of hydrogen-bond acceptors (Lipinski definition) is 17. The van der Waals surface area contributed by atoms with Crippen LogP contribution >= 0.6 is 34.8 Å². The first kappa shape index (κ1) is 99.6. The molecule has 4 aliphatic heterocycles. The number of fused-ring (bicyclic) bond motifs is 6. The highest BCUT2D eigenvalue weighted by molar-refractivity contribution is 7.80. The van der Waals surface area contributed by atoms with Crippen LogP contribution in [0.4, 0.5) is 24.0 Å². The van der Waals surface area contributed by atoms with Crippen molar-refractivity contribution in [3.63, 3.8) is 0 Å². The molecule has 5 fully saturated rings. The molecule has 3 aromatic carbocycles. The van der Waals surface area contributed by atoms with Crippen molar-refractivity contribution in [1.29, 1.82) is 0 Å². The third-order valence-corrected chi connectivity index (χ3v) is 27.5. The number of piperazine rings is 3. The van der Waals surface area contributed by atoms with Crippen LogP contribution in [-0.2, 0) is 41.8 Å². The zero-order valence-electron chi connectivity index (χ0n) is 80.6. The number of nitrogens with zero attached hydrogens (tertiary/aromatic N) is 15. The fraction of sp³-hybridized carbons (Fsp3) is 0.475. The van der Waals surface area contributed by atoms with E-state index in [0.29, 0.717) is 99.8 Å². The molecule has 0 bridgehead atoms. The van der Waals surface area contributed by atoms with Crippen LogP contribution in [0.1, 0.15) is 249 Å². The second kappa shape index (κ2) is 43.0. The maximum absolute atomic E-state index is 13.4. The van der Waals surface area contributed by atoms with Crippen molar-refractivity contribution in [2.45, 2.75) is 199 Å². The third-order valence-electron chi connectivity index (χ3n) is 25.4. The minimum absolute atomic E-state index is 0.0497. The normalized spacial score (nSPS) is 19.6. The van der Waals surface area contributed by atoms with Crippen molar-refractivity contribution in [2.75, 3.05) is 91.8 Å². The summed E-state index contributed by atoms with van der Waals surface area (Å²) in [5.74, 6) is 0. The van der Waals surface area contributed by atoms with Gasteiger partial charge < -0.3 is 70.2 Å². The number of carbonyl (C=O) groups is 5. The number of halogens is 3. The Kier molecular flexibility index (Phi) is 31.5. The Morgan fingerprint density at radius 3 is 1.10 bits per heavy atom. The highest BCUT2D eigenvalue weighted by Gasteiger charge is 2.43. The second-order valence-electron chi connectivity index (χ2n) is 40.4. The lowest BCUT2D eigenvalue weighted by atomic mass is 9.90. The van der Waals surface area contributed by atoms with E-state index in [4.69, 9.17) is 59.2 Å². The van der Waals surface area contributed by atoms with E-state index in [0.717, 1.165) is 140 Å². The fourth-order valence-corrected chi connectivity index (χ4v) is 20.8. The van der Waals surface area contributed by atoms with E-state index in [9.17, 15) is 28.2 Å². The van der Waals surface area contributed by atoms with Crippen LogP contribution in [0.15, 0.2) is 147 Å². The first-order chi connectivity index (χ1) is 64.8. The predicted molar refractivity (Wildman–Crippen MR) is 535 cm³/mol. The molecule has 1 saturated carbocycles. The lowest BCUT2D eigenvalue weighted by Gasteiger charge is -2.40. The number of benzene rings is 3. The van der Waals surface area contributed by atoms with Gasteiger partial charge in [0.05, 0.1) is 121 Å². The largest absolute Gasteiger partial charge is 0.446 e. The Hall–Kier alpha value is -10.9. The van der Waals surface area contributed by atoms with E-state index in [1.54, 1.807) is 42.5 Å². The van der Waals surface area contributed by atoms with Crippen LogP contribution in [0.3, 0.4) is 0 Å². The SMILES string of the molecule is Cn1cncc1C(NC(=O)NC(C)(C)C)C1=Cc2cccnc2[C@@H](N2CCN(C(=O)NC(C)(C)C)CC2)c2ccc(Cl)cc21.Cn1cncc1C(NC(=O)NC(C)(C)C)C1=Cc2cccnc2[C@@H](N2CCN(C(=O)OC3CCOCC3)CC2)c2ccc(Cl)cc21.Cn1cncc1C(NC(=O)NC(C)(C)C)C1=Cc2cccnc2[C@@H](N2CCN(S(=O)NC3CCCCC3)CC2)c2ccc(Cl)cc21. The van der Waals surface area contributed by atoms with Crippen LogP contribution < -0.4 is 41.9 Å². The quantitative estimate of drug-likeness (QED) is 0.0445. The second-order valence-corrected chi connectivity index (χ2v) is 42.9. The average Bonchev–Trinajstić information content (AvgIpc) is 1.78. The Bertz CT molecular complexity index is 5650. The van der Waals surface area contributed by atoms with Gasteiger partial charge in [-0.25, -0.2) is 52.2 Å². The maximum Gasteiger partial charge on any atom is 0.410 e. The van der Waals surface area contributed by atoms with Crippen LogP contribution in [0, 0.1) is 0 Å². The lowest BCUT2D eigenvalue weighted by Crippen LogP contribution is -2.55. The Balaban J connectivity index is 0.000000155. The van der Waals surface area contributed by atoms with Gasteiger partial charge in [-0.3, -0.25) is 29.7 Å². The number of ether oxygens (including phenoxy) is 2. The molecule has 9 amide bonds. The molecule has 0 spiro atoms. The van der Waals surface area contributed by atoms with Crippen LogP contribution in [0.5, 0.6) is 0 Å². The molecule has 4 saturated heterocycles. The van der Waals surface area contributed by atoms with Gasteiger partial charge in [-0.2, -0.15) is 0 Å². The molecule has 8 aliphatic rings. The number of nitrogens with one attached hydrogen (secondary N) is 8. The number of rotatable bonds is 16. The number of hydrogen-bond donors (Lipinski definition) is 8. The van der Waals surface area contributed by atoms with Gasteiger partial charge in [-0.1, -0.05) is 90.5 Å². The minimum Gasteiger partial charge on any atom is -0.446 e. The highest BCUT2D eigenvalue weighted by atomic mass is 35.5. The maximum atomic E-state index is 13.4. The number of pyridine rings is 3. The summed E-state index contributed by atoms with van der Waals surface area (Å²) in [6.07, 6.45) is 29.3. The molecule has 0 radical (unpaired) electrons. The fourth-order valence-electron chi connectivity index (χ4n) is 19.1. The highest BCUT2D eigenvalue weighted by Crippen LogP contribution is 2.49. The monoisotopic (exact) mass is 1930 g/mol. The van der Waals surface area contributed by atoms with E-state index in [2.05, 4.69) is 131 Å². The number of carbonyl (C=O) groups excluding carboxylic acids is 5. The van der Waals surface area contributed by atoms with E-state index in [-0.39, 0.29) is 60.0 Å². The smallest absolute Gasteiger partial charge is 0.410 e. The Morgan fingerprint density at radius 1 is 0.434 bits per heavy atom. The number of imidazole rings is 3. The molecule has 8 N–H and O–H groups in total. The zero-order chi connectivity index (χ0) is 96.7. The molecule has 10 heterocycles. The molecule has 4 aliphatic carbocycles.